The first-order chi connectivity index (χ1) is 12.9. The van der Waals surface area contributed by atoms with E-state index in [1.807, 2.05) is 13.0 Å². The van der Waals surface area contributed by atoms with Crippen LogP contribution >= 0.6 is 0 Å². The van der Waals surface area contributed by atoms with E-state index in [4.69, 9.17) is 4.74 Å². The molecule has 0 bridgehead atoms. The highest BCUT2D eigenvalue weighted by Crippen LogP contribution is 2.38. The predicted molar refractivity (Wildman–Crippen MR) is 99.4 cm³/mol. The van der Waals surface area contributed by atoms with Crippen LogP contribution in [0.4, 0.5) is 4.39 Å². The minimum Gasteiger partial charge on any atom is -0.484 e. The van der Waals surface area contributed by atoms with Crippen molar-refractivity contribution in [2.75, 3.05) is 6.61 Å². The predicted octanol–water partition coefficient (Wildman–Crippen LogP) is 2.82. The van der Waals surface area contributed by atoms with Gasteiger partial charge in [-0.25, -0.2) is 4.39 Å². The lowest BCUT2D eigenvalue weighted by atomic mass is 10.2. The Balaban J connectivity index is 1.45. The summed E-state index contributed by atoms with van der Waals surface area (Å²) in [5.41, 5.74) is 7.87. The van der Waals surface area contributed by atoms with Crippen molar-refractivity contribution >= 4 is 17.9 Å². The number of hydrogen-bond acceptors (Lipinski definition) is 3. The Kier molecular flexibility index (Phi) is 5.59. The Labute approximate surface area is 157 Å². The molecule has 7 heteroatoms. The normalized spacial score (nSPS) is 13.6. The summed E-state index contributed by atoms with van der Waals surface area (Å²) in [7, 11) is 0. The Morgan fingerprint density at radius 1 is 1.22 bits per heavy atom. The topological polar surface area (TPSA) is 72.4 Å². The van der Waals surface area contributed by atoms with Gasteiger partial charge in [0.15, 0.2) is 6.61 Å². The molecular formula is C20H22FN3O3. The van der Waals surface area contributed by atoms with E-state index in [2.05, 4.69) is 22.3 Å². The van der Waals surface area contributed by atoms with E-state index in [1.54, 1.807) is 6.08 Å². The van der Waals surface area contributed by atoms with E-state index in [0.29, 0.717) is 11.8 Å². The van der Waals surface area contributed by atoms with Gasteiger partial charge in [0.25, 0.3) is 11.8 Å². The second-order valence-corrected chi connectivity index (χ2v) is 6.54. The maximum absolute atomic E-state index is 12.8. The van der Waals surface area contributed by atoms with Gasteiger partial charge in [0, 0.05) is 23.5 Å². The lowest BCUT2D eigenvalue weighted by Gasteiger charge is -2.07. The highest BCUT2D eigenvalue weighted by atomic mass is 19.1. The van der Waals surface area contributed by atoms with Crippen molar-refractivity contribution in [3.63, 3.8) is 0 Å². The number of rotatable bonds is 6. The molecule has 1 aliphatic carbocycles. The van der Waals surface area contributed by atoms with Gasteiger partial charge in [-0.3, -0.25) is 20.4 Å². The van der Waals surface area contributed by atoms with Crippen LogP contribution in [0.3, 0.4) is 0 Å². The number of ether oxygens (including phenoxy) is 1. The highest BCUT2D eigenvalue weighted by Gasteiger charge is 2.26. The smallest absolute Gasteiger partial charge is 0.276 e. The Hall–Kier alpha value is -3.09. The van der Waals surface area contributed by atoms with Gasteiger partial charge < -0.3 is 9.30 Å². The van der Waals surface area contributed by atoms with Crippen LogP contribution < -0.4 is 15.6 Å². The molecule has 6 nitrogen and oxygen atoms in total. The summed E-state index contributed by atoms with van der Waals surface area (Å²) in [5, 5.41) is 0. The number of aryl methyl sites for hydroxylation is 1. The molecule has 2 aromatic rings. The number of amides is 2. The zero-order chi connectivity index (χ0) is 19.4. The van der Waals surface area contributed by atoms with Gasteiger partial charge >= 0.3 is 0 Å². The molecule has 27 heavy (non-hydrogen) atoms. The van der Waals surface area contributed by atoms with Gasteiger partial charge in [-0.05, 0) is 68.7 Å². The first-order valence-electron chi connectivity index (χ1n) is 8.77. The fraction of sp³-hybridized carbons (Fsp3) is 0.300. The minimum atomic E-state index is -0.520. The van der Waals surface area contributed by atoms with Gasteiger partial charge in [0.05, 0.1) is 0 Å². The summed E-state index contributed by atoms with van der Waals surface area (Å²) in [5.74, 6) is -0.984. The number of hydrazine groups is 1. The van der Waals surface area contributed by atoms with Crippen LogP contribution in [0, 0.1) is 19.7 Å². The van der Waals surface area contributed by atoms with Crippen molar-refractivity contribution in [1.29, 1.82) is 0 Å². The molecular weight excluding hydrogens is 349 g/mol. The third kappa shape index (κ3) is 4.97. The Bertz CT molecular complexity index is 867. The van der Waals surface area contributed by atoms with Crippen LogP contribution in [0.1, 0.15) is 35.8 Å². The lowest BCUT2D eigenvalue weighted by molar-refractivity contribution is -0.128. The van der Waals surface area contributed by atoms with Crippen molar-refractivity contribution in [3.8, 4) is 5.75 Å². The van der Waals surface area contributed by atoms with Crippen molar-refractivity contribution in [1.82, 2.24) is 15.4 Å². The highest BCUT2D eigenvalue weighted by molar-refractivity contribution is 5.93. The SMILES string of the molecule is Cc1cc(/C=C/C(=O)NNC(=O)COc2ccc(F)cc2)c(C)n1C1CC1. The fourth-order valence-electron chi connectivity index (χ4n) is 2.92. The molecule has 142 valence electrons. The van der Waals surface area contributed by atoms with E-state index >= 15 is 0 Å². The fourth-order valence-corrected chi connectivity index (χ4v) is 2.92. The largest absolute Gasteiger partial charge is 0.484 e. The maximum Gasteiger partial charge on any atom is 0.276 e. The zero-order valence-electron chi connectivity index (χ0n) is 15.3. The lowest BCUT2D eigenvalue weighted by Crippen LogP contribution is -2.43. The van der Waals surface area contributed by atoms with Crippen molar-refractivity contribution in [2.24, 2.45) is 0 Å². The monoisotopic (exact) mass is 371 g/mol. The molecule has 0 saturated heterocycles. The molecule has 2 amide bonds. The average molecular weight is 371 g/mol. The third-order valence-corrected chi connectivity index (χ3v) is 4.36. The van der Waals surface area contributed by atoms with Gasteiger partial charge in [-0.2, -0.15) is 0 Å². The van der Waals surface area contributed by atoms with Crippen LogP contribution in [0.15, 0.2) is 36.4 Å². The summed E-state index contributed by atoms with van der Waals surface area (Å²) in [6, 6.07) is 7.94. The minimum absolute atomic E-state index is 0.293. The number of carbonyl (C=O) groups is 2. The number of nitrogens with zero attached hydrogens (tertiary/aromatic N) is 1. The molecule has 0 atom stereocenters. The van der Waals surface area contributed by atoms with Crippen LogP contribution in [0.2, 0.25) is 0 Å². The van der Waals surface area contributed by atoms with E-state index < -0.39 is 11.8 Å². The molecule has 1 fully saturated rings. The van der Waals surface area contributed by atoms with Gasteiger partial charge in [0.1, 0.15) is 11.6 Å². The zero-order valence-corrected chi connectivity index (χ0v) is 15.3. The summed E-state index contributed by atoms with van der Waals surface area (Å²) >= 11 is 0. The summed E-state index contributed by atoms with van der Waals surface area (Å²) in [4.78, 5) is 23.6. The number of benzene rings is 1. The standard InChI is InChI=1S/C20H22FN3O3/c1-13-11-15(14(2)24(13)17-6-7-17)3-10-19(25)22-23-20(26)12-27-18-8-4-16(21)5-9-18/h3-5,8-11,17H,6-7,12H2,1-2H3,(H,22,25)(H,23,26)/b10-3+. The van der Waals surface area contributed by atoms with Crippen molar-refractivity contribution < 1.29 is 18.7 Å². The second kappa shape index (κ2) is 8.07. The van der Waals surface area contributed by atoms with Crippen molar-refractivity contribution in [2.45, 2.75) is 32.7 Å². The maximum atomic E-state index is 12.8. The van der Waals surface area contributed by atoms with Gasteiger partial charge in [0.2, 0.25) is 0 Å². The van der Waals surface area contributed by atoms with Gasteiger partial charge in [-0.15, -0.1) is 0 Å². The number of nitrogens with one attached hydrogen (secondary N) is 2. The van der Waals surface area contributed by atoms with Crippen LogP contribution in [-0.2, 0) is 9.59 Å². The first-order valence-corrected chi connectivity index (χ1v) is 8.77. The van der Waals surface area contributed by atoms with E-state index in [0.717, 1.165) is 11.3 Å². The molecule has 3 rings (SSSR count). The van der Waals surface area contributed by atoms with Crippen LogP contribution in [0.25, 0.3) is 6.08 Å². The molecule has 0 spiro atoms. The first kappa shape index (κ1) is 18.7. The quantitative estimate of drug-likeness (QED) is 0.606. The summed E-state index contributed by atoms with van der Waals surface area (Å²) in [6.07, 6.45) is 5.51. The second-order valence-electron chi connectivity index (χ2n) is 6.54. The van der Waals surface area contributed by atoms with E-state index in [-0.39, 0.29) is 12.4 Å². The average Bonchev–Trinajstić information content (AvgIpc) is 3.43. The molecule has 1 aromatic carbocycles. The molecule has 0 aliphatic heterocycles. The third-order valence-electron chi connectivity index (χ3n) is 4.36. The molecule has 0 unspecified atom stereocenters. The van der Waals surface area contributed by atoms with E-state index in [9.17, 15) is 14.0 Å². The van der Waals surface area contributed by atoms with Crippen LogP contribution in [0.5, 0.6) is 5.75 Å². The molecule has 1 heterocycles. The molecule has 1 aromatic heterocycles. The summed E-state index contributed by atoms with van der Waals surface area (Å²) in [6.45, 7) is 3.81. The Morgan fingerprint density at radius 2 is 1.93 bits per heavy atom. The number of hydrogen-bond donors (Lipinski definition) is 2. The Morgan fingerprint density at radius 3 is 2.59 bits per heavy atom. The molecule has 2 N–H and O–H groups in total. The summed E-state index contributed by atoms with van der Waals surface area (Å²) < 4.78 is 20.3. The van der Waals surface area contributed by atoms with Crippen LogP contribution in [-0.4, -0.2) is 23.0 Å². The number of halogens is 1. The van der Waals surface area contributed by atoms with E-state index in [1.165, 1.54) is 48.9 Å². The van der Waals surface area contributed by atoms with Crippen molar-refractivity contribution in [3.05, 3.63) is 59.2 Å². The molecule has 0 radical (unpaired) electrons. The molecule has 1 saturated carbocycles. The number of carbonyl (C=O) groups excluding carboxylic acids is 2. The van der Waals surface area contributed by atoms with Gasteiger partial charge in [-0.1, -0.05) is 0 Å². The molecule has 1 aliphatic rings. The number of aromatic nitrogens is 1.